The van der Waals surface area contributed by atoms with Crippen molar-refractivity contribution in [2.45, 2.75) is 52.5 Å². The molecule has 2 aliphatic carbocycles. The highest BCUT2D eigenvalue weighted by molar-refractivity contribution is 9.10. The van der Waals surface area contributed by atoms with Crippen LogP contribution < -0.4 is 22.6 Å². The van der Waals surface area contributed by atoms with Gasteiger partial charge in [0, 0.05) is 18.1 Å². The molecule has 1 heterocycles. The molecule has 0 spiro atoms. The van der Waals surface area contributed by atoms with Crippen LogP contribution in [0.3, 0.4) is 0 Å². The van der Waals surface area contributed by atoms with Crippen LogP contribution in [0.25, 0.3) is 0 Å². The summed E-state index contributed by atoms with van der Waals surface area (Å²) in [5.41, 5.74) is 13.3. The number of fused-ring (bicyclic) bond motifs is 2. The zero-order valence-electron chi connectivity index (χ0n) is 20.1. The number of hydrogen-bond acceptors (Lipinski definition) is 8. The predicted molar refractivity (Wildman–Crippen MR) is 141 cm³/mol. The summed E-state index contributed by atoms with van der Waals surface area (Å²) in [5.74, 6) is 10.9. The molecule has 2 saturated carbocycles. The van der Waals surface area contributed by atoms with Gasteiger partial charge in [0.25, 0.3) is 0 Å². The lowest BCUT2D eigenvalue weighted by molar-refractivity contribution is 0.111. The van der Waals surface area contributed by atoms with Crippen LogP contribution in [0.1, 0.15) is 51.5 Å². The minimum absolute atomic E-state index is 0.238. The molecule has 0 radical (unpaired) electrons. The van der Waals surface area contributed by atoms with E-state index in [1.807, 2.05) is 24.3 Å². The molecule has 0 atom stereocenters. The van der Waals surface area contributed by atoms with Crippen molar-refractivity contribution < 1.29 is 5.11 Å². The van der Waals surface area contributed by atoms with Crippen molar-refractivity contribution in [3.05, 3.63) is 52.4 Å². The number of hydrazine groups is 1. The number of anilines is 3. The molecule has 0 unspecified atom stereocenters. The molecule has 1 aromatic carbocycles. The first-order valence-corrected chi connectivity index (χ1v) is 12.7. The number of nitrogens with two attached hydrogens (primary N) is 3. The van der Waals surface area contributed by atoms with E-state index in [0.717, 1.165) is 34.9 Å². The number of nitrogens with one attached hydrogen (secondary N) is 1. The van der Waals surface area contributed by atoms with Crippen molar-refractivity contribution >= 4 is 33.4 Å². The van der Waals surface area contributed by atoms with Gasteiger partial charge in [0.2, 0.25) is 5.95 Å². The lowest BCUT2D eigenvalue weighted by atomic mass is 9.65. The number of hydrogen-bond donors (Lipinski definition) is 5. The quantitative estimate of drug-likeness (QED) is 0.271. The smallest absolute Gasteiger partial charge is 0.229 e. The Morgan fingerprint density at radius 1 is 1.18 bits per heavy atom. The zero-order valence-corrected chi connectivity index (χ0v) is 21.7. The topological polar surface area (TPSA) is 139 Å². The molecule has 2 aromatic rings. The fraction of sp³-hybridized carbons (Fsp3) is 0.520. The number of rotatable bonds is 6. The van der Waals surface area contributed by atoms with E-state index in [9.17, 15) is 0 Å². The van der Waals surface area contributed by atoms with Gasteiger partial charge in [0.1, 0.15) is 5.82 Å². The standard InChI is InChI=1S/C14H18BrN7O.C11H20/c15-12-5-19-14(21-13(12)17)20-11-3-1-2-9(4-11)6-22(18)7-10(16)8-23;1-8-3-10-5-9(2)6-11(4-8)7-10/h1-5,7,23H,6,8,16,18H2,(H3,17,19,20,21);8-11H,3-7H2,1-2H3/b10-7-;. The van der Waals surface area contributed by atoms with E-state index in [4.69, 9.17) is 22.4 Å². The number of nitrogen functional groups attached to an aromatic ring is 1. The van der Waals surface area contributed by atoms with Gasteiger partial charge in [-0.05, 0) is 89.4 Å². The summed E-state index contributed by atoms with van der Waals surface area (Å²) in [6.45, 7) is 5.07. The van der Waals surface area contributed by atoms with Crippen molar-refractivity contribution in [2.75, 3.05) is 17.7 Å². The first kappa shape index (κ1) is 26.2. The van der Waals surface area contributed by atoms with Crippen molar-refractivity contribution in [1.82, 2.24) is 15.0 Å². The highest BCUT2D eigenvalue weighted by Crippen LogP contribution is 2.44. The second kappa shape index (κ2) is 12.4. The Labute approximate surface area is 211 Å². The lowest BCUT2D eigenvalue weighted by Crippen LogP contribution is -2.29. The van der Waals surface area contributed by atoms with Crippen LogP contribution in [0.5, 0.6) is 0 Å². The van der Waals surface area contributed by atoms with Gasteiger partial charge in [0.05, 0.1) is 23.3 Å². The summed E-state index contributed by atoms with van der Waals surface area (Å²) < 4.78 is 0.642. The van der Waals surface area contributed by atoms with Crippen LogP contribution in [0.15, 0.2) is 46.8 Å². The molecule has 0 amide bonds. The maximum Gasteiger partial charge on any atom is 0.229 e. The summed E-state index contributed by atoms with van der Waals surface area (Å²) >= 11 is 3.25. The normalized spacial score (nSPS) is 24.1. The van der Waals surface area contributed by atoms with Crippen molar-refractivity contribution in [3.8, 4) is 0 Å². The highest BCUT2D eigenvalue weighted by Gasteiger charge is 2.32. The molecule has 0 saturated heterocycles. The average molecular weight is 533 g/mol. The zero-order chi connectivity index (χ0) is 24.7. The van der Waals surface area contributed by atoms with E-state index in [1.165, 1.54) is 36.9 Å². The second-order valence-corrected chi connectivity index (χ2v) is 10.8. The van der Waals surface area contributed by atoms with Gasteiger partial charge in [-0.3, -0.25) is 0 Å². The Morgan fingerprint density at radius 2 is 1.82 bits per heavy atom. The lowest BCUT2D eigenvalue weighted by Gasteiger charge is -2.40. The number of benzene rings is 1. The maximum atomic E-state index is 8.89. The Kier molecular flexibility index (Phi) is 9.55. The highest BCUT2D eigenvalue weighted by atomic mass is 79.9. The fourth-order valence-corrected chi connectivity index (χ4v) is 5.54. The van der Waals surface area contributed by atoms with E-state index < -0.39 is 0 Å². The minimum Gasteiger partial charge on any atom is -0.399 e. The third-order valence-corrected chi connectivity index (χ3v) is 7.05. The molecule has 34 heavy (non-hydrogen) atoms. The molecule has 2 fully saturated rings. The Hall–Kier alpha value is -2.36. The number of aliphatic hydroxyl groups excluding tert-OH is 1. The maximum absolute atomic E-state index is 8.89. The summed E-state index contributed by atoms with van der Waals surface area (Å²) in [5, 5.41) is 13.4. The van der Waals surface area contributed by atoms with Crippen molar-refractivity contribution in [3.63, 3.8) is 0 Å². The van der Waals surface area contributed by atoms with E-state index in [0.29, 0.717) is 28.5 Å². The van der Waals surface area contributed by atoms with E-state index in [-0.39, 0.29) is 6.61 Å². The van der Waals surface area contributed by atoms with E-state index >= 15 is 0 Å². The summed E-state index contributed by atoms with van der Waals surface area (Å²) in [6.07, 6.45) is 10.7. The summed E-state index contributed by atoms with van der Waals surface area (Å²) in [7, 11) is 0. The van der Waals surface area contributed by atoms with Gasteiger partial charge < -0.3 is 26.9 Å². The monoisotopic (exact) mass is 531 g/mol. The number of halogens is 1. The van der Waals surface area contributed by atoms with Crippen LogP contribution in [0.4, 0.5) is 17.5 Å². The van der Waals surface area contributed by atoms with Crippen LogP contribution in [-0.2, 0) is 6.54 Å². The van der Waals surface area contributed by atoms with Gasteiger partial charge in [-0.2, -0.15) is 4.98 Å². The van der Waals surface area contributed by atoms with Crippen LogP contribution in [0, 0.1) is 23.7 Å². The Morgan fingerprint density at radius 3 is 2.41 bits per heavy atom. The molecule has 9 heteroatoms. The van der Waals surface area contributed by atoms with Crippen molar-refractivity contribution in [1.29, 1.82) is 0 Å². The molecule has 8 N–H and O–H groups in total. The third kappa shape index (κ3) is 8.14. The number of nitrogens with zero attached hydrogens (tertiary/aromatic N) is 3. The van der Waals surface area contributed by atoms with E-state index in [2.05, 4.69) is 45.1 Å². The fourth-order valence-electron chi connectivity index (χ4n) is 5.34. The minimum atomic E-state index is -0.238. The first-order valence-electron chi connectivity index (χ1n) is 11.9. The van der Waals surface area contributed by atoms with Gasteiger partial charge in [-0.15, -0.1) is 0 Å². The molecule has 186 valence electrons. The van der Waals surface area contributed by atoms with Gasteiger partial charge in [-0.1, -0.05) is 26.0 Å². The third-order valence-electron chi connectivity index (χ3n) is 6.44. The van der Waals surface area contributed by atoms with Gasteiger partial charge in [0.15, 0.2) is 0 Å². The van der Waals surface area contributed by atoms with Crippen LogP contribution in [-0.4, -0.2) is 26.7 Å². The van der Waals surface area contributed by atoms with E-state index in [1.54, 1.807) is 12.6 Å². The molecular weight excluding hydrogens is 494 g/mol. The Balaban J connectivity index is 0.000000243. The molecular formula is C25H38BrN7O. The number of aromatic nitrogens is 2. The van der Waals surface area contributed by atoms with Crippen molar-refractivity contribution in [2.24, 2.45) is 35.2 Å². The van der Waals surface area contributed by atoms with Crippen LogP contribution in [0.2, 0.25) is 0 Å². The molecule has 8 nitrogen and oxygen atoms in total. The molecule has 4 rings (SSSR count). The second-order valence-electron chi connectivity index (χ2n) is 9.91. The van der Waals surface area contributed by atoms with Gasteiger partial charge in [-0.25, -0.2) is 10.8 Å². The van der Waals surface area contributed by atoms with Gasteiger partial charge >= 0.3 is 0 Å². The first-order chi connectivity index (χ1) is 16.2. The largest absolute Gasteiger partial charge is 0.399 e. The predicted octanol–water partition coefficient (Wildman–Crippen LogP) is 4.50. The molecule has 2 bridgehead atoms. The van der Waals surface area contributed by atoms with Crippen LogP contribution >= 0.6 is 15.9 Å². The summed E-state index contributed by atoms with van der Waals surface area (Å²) in [6, 6.07) is 7.59. The molecule has 1 aromatic heterocycles. The average Bonchev–Trinajstić information content (AvgIpc) is 2.76. The Bertz CT molecular complexity index is 937. The number of aliphatic hydroxyl groups is 1. The SMILES string of the molecule is CC1CC2CC(C)CC(C1)C2.N/C(=C\N(N)Cc1cccc(Nc2ncc(Br)c(N)n2)c1)CO. The molecule has 0 aliphatic heterocycles. The summed E-state index contributed by atoms with van der Waals surface area (Å²) in [4.78, 5) is 8.27. The molecule has 2 aliphatic rings.